The zero-order valence-corrected chi connectivity index (χ0v) is 6.74. The van der Waals surface area contributed by atoms with Crippen LogP contribution in [0.2, 0.25) is 0 Å². The number of rotatable bonds is 4. The summed E-state index contributed by atoms with van der Waals surface area (Å²) < 4.78 is 4.48. The van der Waals surface area contributed by atoms with Crippen LogP contribution < -0.4 is 5.73 Å². The van der Waals surface area contributed by atoms with Crippen LogP contribution in [0, 0.1) is 5.92 Å². The van der Waals surface area contributed by atoms with Gasteiger partial charge in [0.1, 0.15) is 0 Å². The lowest BCUT2D eigenvalue weighted by Gasteiger charge is -2.11. The molecular formula is C7H13NO3. The van der Waals surface area contributed by atoms with E-state index in [-0.39, 0.29) is 0 Å². The van der Waals surface area contributed by atoms with Crippen LogP contribution in [0.1, 0.15) is 20.3 Å². The molecule has 0 aromatic carbocycles. The molecule has 11 heavy (non-hydrogen) atoms. The van der Waals surface area contributed by atoms with E-state index >= 15 is 0 Å². The summed E-state index contributed by atoms with van der Waals surface area (Å²) in [4.78, 5) is 20.4. The third-order valence-electron chi connectivity index (χ3n) is 1.12. The Hall–Kier alpha value is -1.06. The van der Waals surface area contributed by atoms with Crippen molar-refractivity contribution in [1.82, 2.24) is 0 Å². The van der Waals surface area contributed by atoms with Crippen LogP contribution in [0.5, 0.6) is 0 Å². The number of carbonyl (C=O) groups excluding carboxylic acids is 2. The highest BCUT2D eigenvalue weighted by atomic mass is 16.6. The summed E-state index contributed by atoms with van der Waals surface area (Å²) in [6.45, 7) is 3.86. The Labute approximate surface area is 65.7 Å². The van der Waals surface area contributed by atoms with Gasteiger partial charge in [-0.25, -0.2) is 4.79 Å². The van der Waals surface area contributed by atoms with Crippen LogP contribution in [-0.2, 0) is 9.53 Å². The molecule has 0 bridgehead atoms. The van der Waals surface area contributed by atoms with Gasteiger partial charge in [-0.3, -0.25) is 4.79 Å². The van der Waals surface area contributed by atoms with Gasteiger partial charge in [-0.1, -0.05) is 13.8 Å². The second kappa shape index (κ2) is 4.71. The molecule has 0 saturated carbocycles. The number of hydrogen-bond acceptors (Lipinski definition) is 3. The van der Waals surface area contributed by atoms with Gasteiger partial charge in [-0.15, -0.1) is 0 Å². The quantitative estimate of drug-likeness (QED) is 0.613. The van der Waals surface area contributed by atoms with E-state index in [0.29, 0.717) is 18.6 Å². The lowest BCUT2D eigenvalue weighted by Crippen LogP contribution is -2.25. The monoisotopic (exact) mass is 159 g/mol. The average Bonchev–Trinajstić information content (AvgIpc) is 1.84. The smallest absolute Gasteiger partial charge is 0.405 e. The summed E-state index contributed by atoms with van der Waals surface area (Å²) in [6, 6.07) is 0. The normalized spacial score (nSPS) is 12.6. The van der Waals surface area contributed by atoms with Gasteiger partial charge in [0.05, 0.1) is 0 Å². The molecule has 0 saturated heterocycles. The van der Waals surface area contributed by atoms with E-state index in [4.69, 9.17) is 5.73 Å². The van der Waals surface area contributed by atoms with Crippen molar-refractivity contribution < 1.29 is 14.3 Å². The number of carbonyl (C=O) groups is 2. The molecule has 0 aromatic rings. The highest BCUT2D eigenvalue weighted by molar-refractivity contribution is 5.68. The highest BCUT2D eigenvalue weighted by Crippen LogP contribution is 2.05. The van der Waals surface area contributed by atoms with E-state index in [9.17, 15) is 9.59 Å². The van der Waals surface area contributed by atoms with E-state index in [1.54, 1.807) is 0 Å². The standard InChI is InChI=1S/C7H13NO3/c1-5(2)3-6(4-9)11-7(8)10/h4-6H,3H2,1-2H3,(H2,8,10)/t6-/m0/s1. The molecule has 0 fully saturated rings. The molecule has 1 atom stereocenters. The van der Waals surface area contributed by atoms with Gasteiger partial charge in [0, 0.05) is 0 Å². The fraction of sp³-hybridized carbons (Fsp3) is 0.714. The summed E-state index contributed by atoms with van der Waals surface area (Å²) in [5, 5.41) is 0. The van der Waals surface area contributed by atoms with E-state index in [0.717, 1.165) is 0 Å². The summed E-state index contributed by atoms with van der Waals surface area (Å²) in [5.74, 6) is 0.310. The molecule has 0 rings (SSSR count). The Morgan fingerprint density at radius 3 is 2.45 bits per heavy atom. The van der Waals surface area contributed by atoms with Crippen LogP contribution in [0.3, 0.4) is 0 Å². The Morgan fingerprint density at radius 2 is 2.18 bits per heavy atom. The Balaban J connectivity index is 3.76. The van der Waals surface area contributed by atoms with Crippen LogP contribution in [-0.4, -0.2) is 18.5 Å². The van der Waals surface area contributed by atoms with Crippen LogP contribution in [0.4, 0.5) is 4.79 Å². The summed E-state index contributed by atoms with van der Waals surface area (Å²) in [7, 11) is 0. The predicted molar refractivity (Wildman–Crippen MR) is 40.0 cm³/mol. The minimum atomic E-state index is -0.900. The van der Waals surface area contributed by atoms with Gasteiger partial charge < -0.3 is 10.5 Å². The third-order valence-corrected chi connectivity index (χ3v) is 1.12. The summed E-state index contributed by atoms with van der Waals surface area (Å²) >= 11 is 0. The SMILES string of the molecule is CC(C)C[C@@H](C=O)OC(N)=O. The zero-order valence-electron chi connectivity index (χ0n) is 6.74. The van der Waals surface area contributed by atoms with Crippen molar-refractivity contribution in [3.8, 4) is 0 Å². The van der Waals surface area contributed by atoms with E-state index in [2.05, 4.69) is 4.74 Å². The molecule has 0 unspecified atom stereocenters. The molecule has 0 heterocycles. The highest BCUT2D eigenvalue weighted by Gasteiger charge is 2.12. The third kappa shape index (κ3) is 5.39. The molecule has 1 amide bonds. The predicted octanol–water partition coefficient (Wildman–Crippen LogP) is 0.695. The van der Waals surface area contributed by atoms with Crippen LogP contribution in [0.25, 0.3) is 0 Å². The number of amides is 1. The molecule has 0 aliphatic rings. The van der Waals surface area contributed by atoms with E-state index in [1.807, 2.05) is 13.8 Å². The van der Waals surface area contributed by atoms with Crippen molar-refractivity contribution in [2.75, 3.05) is 0 Å². The molecule has 64 valence electrons. The first-order chi connectivity index (χ1) is 5.06. The first kappa shape index (κ1) is 9.94. The summed E-state index contributed by atoms with van der Waals surface area (Å²) in [6.07, 6.45) is -0.479. The summed E-state index contributed by atoms with van der Waals surface area (Å²) in [5.41, 5.74) is 4.72. The van der Waals surface area contributed by atoms with Crippen molar-refractivity contribution in [3.05, 3.63) is 0 Å². The maximum Gasteiger partial charge on any atom is 0.405 e. The minimum absolute atomic E-state index is 0.310. The fourth-order valence-electron chi connectivity index (χ4n) is 0.745. The topological polar surface area (TPSA) is 69.4 Å². The van der Waals surface area contributed by atoms with E-state index < -0.39 is 12.2 Å². The van der Waals surface area contributed by atoms with Crippen LogP contribution in [0.15, 0.2) is 0 Å². The van der Waals surface area contributed by atoms with Crippen molar-refractivity contribution in [2.45, 2.75) is 26.4 Å². The largest absolute Gasteiger partial charge is 0.439 e. The molecule has 2 N–H and O–H groups in total. The first-order valence-electron chi connectivity index (χ1n) is 3.47. The van der Waals surface area contributed by atoms with Gasteiger partial charge in [0.15, 0.2) is 12.4 Å². The molecule has 0 aliphatic heterocycles. The fourth-order valence-corrected chi connectivity index (χ4v) is 0.745. The van der Waals surface area contributed by atoms with Gasteiger partial charge in [-0.05, 0) is 12.3 Å². The Kier molecular flexibility index (Phi) is 4.26. The second-order valence-electron chi connectivity index (χ2n) is 2.74. The number of ether oxygens (including phenoxy) is 1. The Bertz CT molecular complexity index is 145. The van der Waals surface area contributed by atoms with Gasteiger partial charge in [-0.2, -0.15) is 0 Å². The van der Waals surface area contributed by atoms with Crippen LogP contribution >= 0.6 is 0 Å². The van der Waals surface area contributed by atoms with Crippen molar-refractivity contribution >= 4 is 12.4 Å². The molecule has 0 spiro atoms. The van der Waals surface area contributed by atoms with Gasteiger partial charge in [0.25, 0.3) is 0 Å². The number of hydrogen-bond donors (Lipinski definition) is 1. The molecule has 0 aromatic heterocycles. The zero-order chi connectivity index (χ0) is 8.85. The molecule has 0 radical (unpaired) electrons. The molecule has 4 heteroatoms. The Morgan fingerprint density at radius 1 is 1.64 bits per heavy atom. The minimum Gasteiger partial charge on any atom is -0.439 e. The molecular weight excluding hydrogens is 146 g/mol. The number of primary amides is 1. The van der Waals surface area contributed by atoms with Gasteiger partial charge in [0.2, 0.25) is 0 Å². The first-order valence-corrected chi connectivity index (χ1v) is 3.47. The molecule has 0 aliphatic carbocycles. The molecule has 4 nitrogen and oxygen atoms in total. The maximum atomic E-state index is 10.2. The van der Waals surface area contributed by atoms with Crippen molar-refractivity contribution in [2.24, 2.45) is 11.7 Å². The van der Waals surface area contributed by atoms with Crippen molar-refractivity contribution in [3.63, 3.8) is 0 Å². The van der Waals surface area contributed by atoms with Crippen molar-refractivity contribution in [1.29, 1.82) is 0 Å². The lowest BCUT2D eigenvalue weighted by atomic mass is 10.1. The van der Waals surface area contributed by atoms with Gasteiger partial charge >= 0.3 is 6.09 Å². The average molecular weight is 159 g/mol. The second-order valence-corrected chi connectivity index (χ2v) is 2.74. The van der Waals surface area contributed by atoms with E-state index in [1.165, 1.54) is 0 Å². The lowest BCUT2D eigenvalue weighted by molar-refractivity contribution is -0.115. The number of aldehydes is 1. The number of nitrogens with two attached hydrogens (primary N) is 1. The maximum absolute atomic E-state index is 10.2.